The number of ether oxygens (including phenoxy) is 2. The fourth-order valence-electron chi connectivity index (χ4n) is 2.39. The number of piperidine rings is 1. The van der Waals surface area contributed by atoms with E-state index in [9.17, 15) is 0 Å². The van der Waals surface area contributed by atoms with Gasteiger partial charge < -0.3 is 9.47 Å². The Balaban J connectivity index is 1.72. The Kier molecular flexibility index (Phi) is 2.70. The molecule has 3 rings (SSSR count). The van der Waals surface area contributed by atoms with Crippen LogP contribution in [0.5, 0.6) is 11.5 Å². The summed E-state index contributed by atoms with van der Waals surface area (Å²) in [4.78, 5) is 2.39. The van der Waals surface area contributed by atoms with Gasteiger partial charge in [-0.25, -0.2) is 0 Å². The standard InChI is InChI=1S/C13H17NO2/c1-4-8-14(9-5-1)13-10-15-11-6-2-3-7-12(11)16-13/h2-3,6-7,13H,1,4-5,8-10H2. The van der Waals surface area contributed by atoms with Crippen molar-refractivity contribution in [2.75, 3.05) is 19.7 Å². The largest absolute Gasteiger partial charge is 0.484 e. The minimum absolute atomic E-state index is 0.107. The second kappa shape index (κ2) is 4.34. The van der Waals surface area contributed by atoms with Crippen LogP contribution in [0.4, 0.5) is 0 Å². The number of nitrogens with zero attached hydrogens (tertiary/aromatic N) is 1. The highest BCUT2D eigenvalue weighted by Gasteiger charge is 2.27. The smallest absolute Gasteiger partial charge is 0.187 e. The summed E-state index contributed by atoms with van der Waals surface area (Å²) >= 11 is 0. The number of fused-ring (bicyclic) bond motifs is 1. The molecule has 1 aromatic carbocycles. The van der Waals surface area contributed by atoms with Gasteiger partial charge in [-0.3, -0.25) is 4.90 Å². The Morgan fingerprint density at radius 3 is 2.56 bits per heavy atom. The number of hydrogen-bond acceptors (Lipinski definition) is 3. The zero-order valence-corrected chi connectivity index (χ0v) is 9.39. The molecule has 1 saturated heterocycles. The maximum absolute atomic E-state index is 5.97. The monoisotopic (exact) mass is 219 g/mol. The van der Waals surface area contributed by atoms with E-state index in [1.54, 1.807) is 0 Å². The molecule has 0 amide bonds. The molecule has 1 unspecified atom stereocenters. The van der Waals surface area contributed by atoms with Crippen molar-refractivity contribution in [3.05, 3.63) is 24.3 Å². The molecule has 1 atom stereocenters. The van der Waals surface area contributed by atoms with Gasteiger partial charge in [0.1, 0.15) is 6.61 Å². The zero-order valence-electron chi connectivity index (χ0n) is 9.39. The summed E-state index contributed by atoms with van der Waals surface area (Å²) in [7, 11) is 0. The molecule has 2 heterocycles. The lowest BCUT2D eigenvalue weighted by atomic mass is 10.1. The lowest BCUT2D eigenvalue weighted by Gasteiger charge is -2.36. The molecule has 0 bridgehead atoms. The third kappa shape index (κ3) is 1.87. The van der Waals surface area contributed by atoms with Gasteiger partial charge in [-0.1, -0.05) is 18.6 Å². The molecular weight excluding hydrogens is 202 g/mol. The highest BCUT2D eigenvalue weighted by molar-refractivity contribution is 5.40. The first kappa shape index (κ1) is 9.97. The molecule has 0 N–H and O–H groups in total. The van der Waals surface area contributed by atoms with E-state index in [-0.39, 0.29) is 6.23 Å². The summed E-state index contributed by atoms with van der Waals surface area (Å²) in [5.41, 5.74) is 0. The van der Waals surface area contributed by atoms with Crippen LogP contribution < -0.4 is 9.47 Å². The van der Waals surface area contributed by atoms with E-state index in [4.69, 9.17) is 9.47 Å². The lowest BCUT2D eigenvalue weighted by molar-refractivity contribution is -0.0373. The number of para-hydroxylation sites is 2. The van der Waals surface area contributed by atoms with Crippen LogP contribution in [-0.2, 0) is 0 Å². The van der Waals surface area contributed by atoms with Crippen molar-refractivity contribution in [2.24, 2.45) is 0 Å². The van der Waals surface area contributed by atoms with Crippen LogP contribution >= 0.6 is 0 Å². The molecule has 0 aliphatic carbocycles. The van der Waals surface area contributed by atoms with Crippen LogP contribution in [0, 0.1) is 0 Å². The predicted octanol–water partition coefficient (Wildman–Crippen LogP) is 2.27. The van der Waals surface area contributed by atoms with Gasteiger partial charge in [0.15, 0.2) is 17.7 Å². The van der Waals surface area contributed by atoms with Crippen molar-refractivity contribution >= 4 is 0 Å². The van der Waals surface area contributed by atoms with Gasteiger partial charge in [0.05, 0.1) is 0 Å². The first-order valence-corrected chi connectivity index (χ1v) is 6.06. The second-order valence-electron chi connectivity index (χ2n) is 4.43. The molecule has 16 heavy (non-hydrogen) atoms. The van der Waals surface area contributed by atoms with E-state index < -0.39 is 0 Å². The van der Waals surface area contributed by atoms with Gasteiger partial charge >= 0.3 is 0 Å². The third-order valence-corrected chi connectivity index (χ3v) is 3.29. The first-order chi connectivity index (χ1) is 7.93. The molecule has 2 aliphatic rings. The Bertz CT molecular complexity index is 361. The van der Waals surface area contributed by atoms with Gasteiger partial charge in [0.2, 0.25) is 0 Å². The van der Waals surface area contributed by atoms with Crippen LogP contribution in [-0.4, -0.2) is 30.8 Å². The van der Waals surface area contributed by atoms with Crippen molar-refractivity contribution < 1.29 is 9.47 Å². The third-order valence-electron chi connectivity index (χ3n) is 3.29. The lowest BCUT2D eigenvalue weighted by Crippen LogP contribution is -2.47. The molecule has 1 fully saturated rings. The van der Waals surface area contributed by atoms with E-state index in [2.05, 4.69) is 4.90 Å². The topological polar surface area (TPSA) is 21.7 Å². The molecular formula is C13H17NO2. The Morgan fingerprint density at radius 2 is 1.75 bits per heavy atom. The van der Waals surface area contributed by atoms with Crippen molar-refractivity contribution in [1.29, 1.82) is 0 Å². The van der Waals surface area contributed by atoms with Crippen LogP contribution in [0.3, 0.4) is 0 Å². The highest BCUT2D eigenvalue weighted by atomic mass is 16.6. The zero-order chi connectivity index (χ0) is 10.8. The summed E-state index contributed by atoms with van der Waals surface area (Å²) in [6.07, 6.45) is 4.01. The van der Waals surface area contributed by atoms with Crippen molar-refractivity contribution in [3.63, 3.8) is 0 Å². The number of hydrogen-bond donors (Lipinski definition) is 0. The molecule has 0 aromatic heterocycles. The van der Waals surface area contributed by atoms with E-state index in [0.29, 0.717) is 6.61 Å². The van der Waals surface area contributed by atoms with E-state index in [1.165, 1.54) is 19.3 Å². The summed E-state index contributed by atoms with van der Waals surface area (Å²) in [6.45, 7) is 2.92. The van der Waals surface area contributed by atoms with Crippen LogP contribution in [0.1, 0.15) is 19.3 Å². The molecule has 1 aromatic rings. The minimum atomic E-state index is 0.107. The van der Waals surface area contributed by atoms with Crippen molar-refractivity contribution in [1.82, 2.24) is 4.90 Å². The predicted molar refractivity (Wildman–Crippen MR) is 61.8 cm³/mol. The molecule has 2 aliphatic heterocycles. The summed E-state index contributed by atoms with van der Waals surface area (Å²) in [6, 6.07) is 7.90. The maximum Gasteiger partial charge on any atom is 0.187 e. The minimum Gasteiger partial charge on any atom is -0.484 e. The Hall–Kier alpha value is -1.22. The van der Waals surface area contributed by atoms with Gasteiger partial charge in [0.25, 0.3) is 0 Å². The number of benzene rings is 1. The normalized spacial score (nSPS) is 25.4. The molecule has 86 valence electrons. The number of likely N-dealkylation sites (tertiary alicyclic amines) is 1. The molecule has 0 saturated carbocycles. The van der Waals surface area contributed by atoms with Gasteiger partial charge in [-0.15, -0.1) is 0 Å². The van der Waals surface area contributed by atoms with E-state index in [0.717, 1.165) is 24.6 Å². The first-order valence-electron chi connectivity index (χ1n) is 6.06. The second-order valence-corrected chi connectivity index (χ2v) is 4.43. The summed E-state index contributed by atoms with van der Waals surface area (Å²) in [5.74, 6) is 1.75. The van der Waals surface area contributed by atoms with Crippen molar-refractivity contribution in [3.8, 4) is 11.5 Å². The summed E-state index contributed by atoms with van der Waals surface area (Å²) in [5, 5.41) is 0. The maximum atomic E-state index is 5.97. The fourth-order valence-corrected chi connectivity index (χ4v) is 2.39. The number of rotatable bonds is 1. The summed E-state index contributed by atoms with van der Waals surface area (Å²) < 4.78 is 11.7. The average molecular weight is 219 g/mol. The van der Waals surface area contributed by atoms with Gasteiger partial charge in [0, 0.05) is 13.1 Å². The Labute approximate surface area is 96.0 Å². The van der Waals surface area contributed by atoms with E-state index >= 15 is 0 Å². The molecule has 0 spiro atoms. The highest BCUT2D eigenvalue weighted by Crippen LogP contribution is 2.32. The van der Waals surface area contributed by atoms with Crippen LogP contribution in [0.15, 0.2) is 24.3 Å². The van der Waals surface area contributed by atoms with Gasteiger partial charge in [-0.2, -0.15) is 0 Å². The van der Waals surface area contributed by atoms with Gasteiger partial charge in [-0.05, 0) is 25.0 Å². The van der Waals surface area contributed by atoms with E-state index in [1.807, 2.05) is 24.3 Å². The molecule has 3 heteroatoms. The average Bonchev–Trinajstić information content (AvgIpc) is 2.39. The fraction of sp³-hybridized carbons (Fsp3) is 0.538. The van der Waals surface area contributed by atoms with Crippen LogP contribution in [0.2, 0.25) is 0 Å². The SMILES string of the molecule is c1ccc2c(c1)OCC(N1CCCCC1)O2. The van der Waals surface area contributed by atoms with Crippen molar-refractivity contribution in [2.45, 2.75) is 25.5 Å². The Morgan fingerprint density at radius 1 is 1.00 bits per heavy atom. The molecule has 0 radical (unpaired) electrons. The molecule has 3 nitrogen and oxygen atoms in total. The quantitative estimate of drug-likeness (QED) is 0.723. The van der Waals surface area contributed by atoms with Crippen LogP contribution in [0.25, 0.3) is 0 Å².